The first kappa shape index (κ1) is 28.2. The topological polar surface area (TPSA) is 240 Å². The predicted molar refractivity (Wildman–Crippen MR) is 132 cm³/mol. The number of aromatic hydroxyl groups is 3. The van der Waals surface area contributed by atoms with Crippen LogP contribution in [0.2, 0.25) is 0 Å². The molecule has 0 bridgehead atoms. The number of hydrogen-bond donors (Lipinski definition) is 9. The molecule has 0 radical (unpaired) electrons. The summed E-state index contributed by atoms with van der Waals surface area (Å²) in [7, 11) is 0. The first-order valence-electron chi connectivity index (χ1n) is 12.3. The molecular formula is C26H28O14. The van der Waals surface area contributed by atoms with Crippen molar-refractivity contribution in [3.63, 3.8) is 0 Å². The monoisotopic (exact) mass is 564 g/mol. The fourth-order valence-electron chi connectivity index (χ4n) is 4.88. The number of aliphatic hydroxyl groups excluding tert-OH is 6. The smallest absolute Gasteiger partial charge is 0.197 e. The third-order valence-corrected chi connectivity index (χ3v) is 7.06. The number of phenolic OH excluding ortho intramolecular Hbond substituents is 3. The van der Waals surface area contributed by atoms with Crippen LogP contribution in [0, 0.1) is 0 Å². The maximum Gasteiger partial charge on any atom is 0.197 e. The molecule has 0 saturated carbocycles. The highest BCUT2D eigenvalue weighted by atomic mass is 16.7. The summed E-state index contributed by atoms with van der Waals surface area (Å²) in [5.41, 5.74) is -0.980. The highest BCUT2D eigenvalue weighted by Crippen LogP contribution is 2.46. The van der Waals surface area contributed by atoms with Crippen molar-refractivity contribution in [2.45, 2.75) is 55.1 Å². The van der Waals surface area contributed by atoms with Crippen molar-refractivity contribution < 1.29 is 64.6 Å². The lowest BCUT2D eigenvalue weighted by Gasteiger charge is -2.45. The van der Waals surface area contributed by atoms with Crippen molar-refractivity contribution in [1.29, 1.82) is 0 Å². The van der Waals surface area contributed by atoms with Crippen LogP contribution in [-0.2, 0) is 14.2 Å². The molecule has 3 aromatic rings. The van der Waals surface area contributed by atoms with Gasteiger partial charge in [0.2, 0.25) is 0 Å². The van der Waals surface area contributed by atoms with Crippen LogP contribution in [0.15, 0.2) is 45.6 Å². The van der Waals surface area contributed by atoms with Crippen LogP contribution in [0.5, 0.6) is 17.2 Å². The van der Waals surface area contributed by atoms with Crippen molar-refractivity contribution in [2.24, 2.45) is 0 Å². The van der Waals surface area contributed by atoms with Gasteiger partial charge in [-0.2, -0.15) is 0 Å². The van der Waals surface area contributed by atoms with Crippen LogP contribution >= 0.6 is 0 Å². The fraction of sp³-hybridized carbons (Fsp3) is 0.423. The van der Waals surface area contributed by atoms with Gasteiger partial charge in [-0.15, -0.1) is 0 Å². The molecule has 0 aliphatic carbocycles. The highest BCUT2D eigenvalue weighted by molar-refractivity contribution is 5.88. The summed E-state index contributed by atoms with van der Waals surface area (Å²) >= 11 is 0. The Bertz CT molecular complexity index is 1420. The van der Waals surface area contributed by atoms with Gasteiger partial charge >= 0.3 is 0 Å². The van der Waals surface area contributed by atoms with Gasteiger partial charge in [0.05, 0.1) is 18.8 Å². The highest BCUT2D eigenvalue weighted by Gasteiger charge is 2.50. The van der Waals surface area contributed by atoms with E-state index in [2.05, 4.69) is 0 Å². The molecule has 1 unspecified atom stereocenters. The van der Waals surface area contributed by atoms with E-state index in [1.807, 2.05) is 0 Å². The first-order chi connectivity index (χ1) is 19.0. The van der Waals surface area contributed by atoms with Crippen molar-refractivity contribution in [1.82, 2.24) is 0 Å². The summed E-state index contributed by atoms with van der Waals surface area (Å²) in [6, 6.07) is 7.84. The van der Waals surface area contributed by atoms with Gasteiger partial charge in [0, 0.05) is 17.7 Å². The molecule has 2 saturated heterocycles. The van der Waals surface area contributed by atoms with E-state index < -0.39 is 90.8 Å². The molecule has 40 heavy (non-hydrogen) atoms. The molecule has 0 amide bonds. The van der Waals surface area contributed by atoms with Crippen LogP contribution in [0.25, 0.3) is 22.3 Å². The lowest BCUT2D eigenvalue weighted by Crippen LogP contribution is -2.60. The normalized spacial score (nSPS) is 32.8. The second-order valence-electron chi connectivity index (χ2n) is 9.66. The Kier molecular flexibility index (Phi) is 7.71. The summed E-state index contributed by atoms with van der Waals surface area (Å²) < 4.78 is 22.3. The largest absolute Gasteiger partial charge is 0.508 e. The van der Waals surface area contributed by atoms with Crippen molar-refractivity contribution in [2.75, 3.05) is 13.2 Å². The van der Waals surface area contributed by atoms with Gasteiger partial charge in [0.1, 0.15) is 82.8 Å². The SMILES string of the molecule is O=c1cc(-c2ccc(O)cc2)oc2cc(O)c(C3O[C@@H](CO)[C@H](O)[C@@H](O)[C@@H]3O[C@H]3OC[C@@H](O)[C@@H](O)[C@@H]3O)c(O)c12. The predicted octanol–water partition coefficient (Wildman–Crippen LogP) is -1.45. The summed E-state index contributed by atoms with van der Waals surface area (Å²) in [4.78, 5) is 13.1. The molecule has 2 aliphatic heterocycles. The van der Waals surface area contributed by atoms with Gasteiger partial charge in [-0.05, 0) is 24.3 Å². The van der Waals surface area contributed by atoms with Crippen LogP contribution in [0.3, 0.4) is 0 Å². The molecule has 1 aromatic heterocycles. The number of phenols is 3. The standard InChI is InChI=1S/C26H28O14/c27-7-16-20(33)22(35)25(40-26-23(36)19(32)13(31)8-37-26)24(39-16)18-12(30)6-15-17(21(18)34)11(29)5-14(38-15)9-1-3-10(28)4-2-9/h1-6,13,16,19-20,22-28,30-36H,7-8H2/t13-,16+,19-,20+,22-,23+,24?,25+,26-/m1/s1. The minimum absolute atomic E-state index is 0.0126. The molecular weight excluding hydrogens is 536 g/mol. The van der Waals surface area contributed by atoms with Gasteiger partial charge in [-0.1, -0.05) is 0 Å². The van der Waals surface area contributed by atoms with E-state index in [9.17, 15) is 50.8 Å². The maximum atomic E-state index is 13.1. The zero-order chi connectivity index (χ0) is 28.9. The zero-order valence-electron chi connectivity index (χ0n) is 20.6. The van der Waals surface area contributed by atoms with E-state index in [0.717, 1.165) is 12.1 Å². The Labute approximate surface area is 225 Å². The van der Waals surface area contributed by atoms with Gasteiger partial charge in [-0.3, -0.25) is 4.79 Å². The molecule has 9 N–H and O–H groups in total. The average Bonchev–Trinajstić information content (AvgIpc) is 2.92. The Morgan fingerprint density at radius 1 is 0.900 bits per heavy atom. The van der Waals surface area contributed by atoms with E-state index in [1.165, 1.54) is 24.3 Å². The summed E-state index contributed by atoms with van der Waals surface area (Å²) in [5.74, 6) is -1.42. The lowest BCUT2D eigenvalue weighted by molar-refractivity contribution is -0.325. The van der Waals surface area contributed by atoms with Gasteiger partial charge in [0.25, 0.3) is 0 Å². The minimum Gasteiger partial charge on any atom is -0.508 e. The number of hydrogen-bond acceptors (Lipinski definition) is 14. The Morgan fingerprint density at radius 2 is 1.60 bits per heavy atom. The Hall–Kier alpha value is -3.31. The van der Waals surface area contributed by atoms with Gasteiger partial charge < -0.3 is 64.6 Å². The quantitative estimate of drug-likeness (QED) is 0.172. The summed E-state index contributed by atoms with van der Waals surface area (Å²) in [6.07, 6.45) is -14.9. The molecule has 0 spiro atoms. The molecule has 14 heteroatoms. The van der Waals surface area contributed by atoms with Crippen molar-refractivity contribution in [3.8, 4) is 28.6 Å². The van der Waals surface area contributed by atoms with Crippen molar-refractivity contribution in [3.05, 3.63) is 52.2 Å². The van der Waals surface area contributed by atoms with Crippen LogP contribution in [-0.4, -0.2) is 108 Å². The molecule has 216 valence electrons. The number of fused-ring (bicyclic) bond motifs is 1. The molecule has 3 heterocycles. The number of benzene rings is 2. The van der Waals surface area contributed by atoms with E-state index >= 15 is 0 Å². The molecule has 9 atom stereocenters. The number of rotatable bonds is 5. The summed E-state index contributed by atoms with van der Waals surface area (Å²) in [5, 5.41) is 92.3. The van der Waals surface area contributed by atoms with Crippen molar-refractivity contribution >= 4 is 11.0 Å². The first-order valence-corrected chi connectivity index (χ1v) is 12.3. The zero-order valence-corrected chi connectivity index (χ0v) is 20.6. The average molecular weight is 564 g/mol. The maximum absolute atomic E-state index is 13.1. The van der Waals surface area contributed by atoms with Crippen LogP contribution in [0.1, 0.15) is 11.7 Å². The second-order valence-corrected chi connectivity index (χ2v) is 9.66. The van der Waals surface area contributed by atoms with Crippen LogP contribution in [0.4, 0.5) is 0 Å². The molecule has 2 aliphatic rings. The Balaban J connectivity index is 1.58. The molecule has 2 aromatic carbocycles. The molecule has 14 nitrogen and oxygen atoms in total. The van der Waals surface area contributed by atoms with E-state index in [1.54, 1.807) is 0 Å². The summed E-state index contributed by atoms with van der Waals surface area (Å²) in [6.45, 7) is -1.24. The van der Waals surface area contributed by atoms with Gasteiger partial charge in [-0.25, -0.2) is 0 Å². The third kappa shape index (κ3) is 4.89. The Morgan fingerprint density at radius 3 is 2.27 bits per heavy atom. The second kappa shape index (κ2) is 10.9. The van der Waals surface area contributed by atoms with Gasteiger partial charge in [0.15, 0.2) is 11.7 Å². The van der Waals surface area contributed by atoms with E-state index in [0.29, 0.717) is 5.56 Å². The molecule has 2 fully saturated rings. The third-order valence-electron chi connectivity index (χ3n) is 7.06. The number of aliphatic hydroxyl groups is 6. The molecule has 5 rings (SSSR count). The number of ether oxygens (including phenoxy) is 3. The van der Waals surface area contributed by atoms with Crippen LogP contribution < -0.4 is 5.43 Å². The minimum atomic E-state index is -1.85. The lowest BCUT2D eigenvalue weighted by atomic mass is 9.89. The van der Waals surface area contributed by atoms with E-state index in [-0.39, 0.29) is 22.5 Å². The van der Waals surface area contributed by atoms with E-state index in [4.69, 9.17) is 18.6 Å². The fourth-order valence-corrected chi connectivity index (χ4v) is 4.88.